The van der Waals surface area contributed by atoms with E-state index in [0.29, 0.717) is 148 Å². The molecule has 0 bridgehead atoms. The zero-order chi connectivity index (χ0) is 85.4. The highest BCUT2D eigenvalue weighted by Crippen LogP contribution is 2.41. The molecule has 630 valence electrons. The number of carbonyl (C=O) groups is 3. The molecule has 0 unspecified atom stereocenters. The Bertz CT molecular complexity index is 6180. The fourth-order valence-electron chi connectivity index (χ4n) is 15.8. The van der Waals surface area contributed by atoms with Crippen LogP contribution in [0.5, 0.6) is 51.7 Å². The summed E-state index contributed by atoms with van der Waals surface area (Å²) < 4.78 is 42.0. The highest BCUT2D eigenvalue weighted by molar-refractivity contribution is 6.00. The van der Waals surface area contributed by atoms with Crippen LogP contribution in [-0.2, 0) is 34.2 Å². The number of piperidine rings is 3. The lowest BCUT2D eigenvalue weighted by molar-refractivity contribution is -0.136. The number of likely N-dealkylation sites (tertiary alicyclic amines) is 3. The van der Waals surface area contributed by atoms with Gasteiger partial charge in [-0.15, -0.1) is 0 Å². The Labute approximate surface area is 718 Å². The number of nitrogens with two attached hydrogens (primary N) is 3. The zero-order valence-corrected chi connectivity index (χ0v) is 69.7. The van der Waals surface area contributed by atoms with Crippen molar-refractivity contribution in [3.63, 3.8) is 0 Å². The maximum Gasteiger partial charge on any atom is 0.225 e. The largest absolute Gasteiger partial charge is 0.489 e. The van der Waals surface area contributed by atoms with Crippen LogP contribution in [0.4, 0.5) is 17.5 Å². The summed E-state index contributed by atoms with van der Waals surface area (Å²) in [6, 6.07) is 76.1. The molecule has 3 saturated heterocycles. The molecule has 6 aromatic heterocycles. The van der Waals surface area contributed by atoms with Crippen molar-refractivity contribution in [2.24, 2.45) is 5.92 Å². The molecular formula is C97H98N18O9. The normalized spacial score (nSPS) is 15.2. The molecular weight excluding hydrogens is 1560 g/mol. The summed E-state index contributed by atoms with van der Waals surface area (Å²) in [5.74, 6) is 7.79. The first-order valence-corrected chi connectivity index (χ1v) is 42.0. The summed E-state index contributed by atoms with van der Waals surface area (Å²) in [6.07, 6.45) is 11.3. The van der Waals surface area contributed by atoms with Crippen molar-refractivity contribution in [3.05, 3.63) is 272 Å². The summed E-state index contributed by atoms with van der Waals surface area (Å²) in [4.78, 5) is 69.5. The predicted octanol–water partition coefficient (Wildman–Crippen LogP) is 18.3. The summed E-state index contributed by atoms with van der Waals surface area (Å²) in [7, 11) is 0. The number of carbonyl (C=O) groups excluding carboxylic acids is 3. The third-order valence-corrected chi connectivity index (χ3v) is 22.1. The van der Waals surface area contributed by atoms with Crippen molar-refractivity contribution in [1.29, 1.82) is 0 Å². The Kier molecular flexibility index (Phi) is 25.9. The number of amides is 3. The van der Waals surface area contributed by atoms with Crippen LogP contribution < -0.4 is 45.6 Å². The molecule has 27 heteroatoms. The molecule has 9 heterocycles. The Morgan fingerprint density at radius 1 is 0.379 bits per heavy atom. The van der Waals surface area contributed by atoms with Crippen LogP contribution >= 0.6 is 0 Å². The van der Waals surface area contributed by atoms with E-state index in [9.17, 15) is 14.4 Å². The van der Waals surface area contributed by atoms with Crippen LogP contribution in [0, 0.1) is 5.92 Å². The minimum Gasteiger partial charge on any atom is -0.489 e. The van der Waals surface area contributed by atoms with Gasteiger partial charge in [-0.05, 0) is 171 Å². The van der Waals surface area contributed by atoms with Gasteiger partial charge in [-0.2, -0.15) is 15.3 Å². The summed E-state index contributed by atoms with van der Waals surface area (Å²) in [6.45, 7) is 13.1. The minimum absolute atomic E-state index is 0.00555. The van der Waals surface area contributed by atoms with Crippen molar-refractivity contribution < 1.29 is 42.8 Å². The van der Waals surface area contributed by atoms with Crippen LogP contribution in [0.3, 0.4) is 0 Å². The Balaban J connectivity index is 0.000000138. The molecule has 124 heavy (non-hydrogen) atoms. The molecule has 3 aliphatic rings. The van der Waals surface area contributed by atoms with Gasteiger partial charge in [0.05, 0.1) is 34.3 Å². The van der Waals surface area contributed by atoms with E-state index in [1.165, 1.54) is 19.0 Å². The fourth-order valence-corrected chi connectivity index (χ4v) is 15.8. The fraction of sp³-hybridized carbons (Fsp3) is 0.258. The van der Waals surface area contributed by atoms with Gasteiger partial charge in [-0.1, -0.05) is 130 Å². The number of anilines is 3. The number of fused-ring (bicyclic) bond motifs is 3. The molecule has 18 rings (SSSR count). The number of rotatable bonds is 24. The molecule has 9 aromatic carbocycles. The highest BCUT2D eigenvalue weighted by atomic mass is 16.5. The van der Waals surface area contributed by atoms with E-state index < -0.39 is 0 Å². The molecule has 3 atom stereocenters. The first kappa shape index (κ1) is 82.9. The average Bonchev–Trinajstić information content (AvgIpc) is 1.62. The molecule has 0 aliphatic carbocycles. The molecule has 3 fully saturated rings. The standard InChI is InChI=1S/2C33H34N6O3.C31H30N6O3/c1-22(2)33(40)38-17-7-10-25(19-38)39-32-29(31(34)35-21-36-32)30(37-39)24-13-15-26(16-14-24)42-28-12-6-11-27(18-28)41-20-23-8-4-3-5-9-23;1-2-8-29(40)38-18-7-11-25(20-38)39-33-30(32(34)35-22-36-33)31(37-39)24-14-16-26(17-15-24)42-28-13-6-12-27(19-28)41-21-23-9-4-3-5-10-23;1-21(38)36-16-6-9-24(18-36)37-31-28(30(32)33-20-34-31)29(35-37)23-12-14-25(15-13-23)40-27-11-5-10-26(17-27)39-19-22-7-3-2-4-8-22/h3-6,8-9,11-16,18,21-22,25H,7,10,17,19-20H2,1-2H3,(H2,34,35,36);3-6,9-10,12-17,19,22,25H,2,7-8,11,18,20-21H2,1H3,(H2,34,35,36);2-5,7-8,10-15,17,20,24H,6,9,16,18-19H2,1H3,(H2,32,33,34)/t2*25-;24-/m111/s1. The first-order chi connectivity index (χ1) is 60.6. The van der Waals surface area contributed by atoms with Gasteiger partial charge in [0.25, 0.3) is 0 Å². The second kappa shape index (κ2) is 38.7. The Hall–Kier alpha value is -14.8. The van der Waals surface area contributed by atoms with Gasteiger partial charge < -0.3 is 60.3 Å². The molecule has 15 aromatic rings. The van der Waals surface area contributed by atoms with E-state index in [4.69, 9.17) is 60.9 Å². The number of ether oxygens (including phenoxy) is 6. The predicted molar refractivity (Wildman–Crippen MR) is 477 cm³/mol. The van der Waals surface area contributed by atoms with E-state index in [1.54, 1.807) is 6.92 Å². The van der Waals surface area contributed by atoms with Gasteiger partial charge in [0, 0.05) is 93.4 Å². The number of hydrogen-bond donors (Lipinski definition) is 3. The van der Waals surface area contributed by atoms with Crippen molar-refractivity contribution in [3.8, 4) is 85.5 Å². The lowest BCUT2D eigenvalue weighted by Crippen LogP contribution is -2.42. The van der Waals surface area contributed by atoms with Crippen LogP contribution in [0.1, 0.15) is 114 Å². The quantitative estimate of drug-likeness (QED) is 0.0506. The number of benzene rings is 9. The second-order valence-electron chi connectivity index (χ2n) is 31.3. The molecule has 3 amide bonds. The highest BCUT2D eigenvalue weighted by Gasteiger charge is 2.33. The average molecular weight is 1660 g/mol. The van der Waals surface area contributed by atoms with E-state index in [-0.39, 0.29) is 41.8 Å². The first-order valence-electron chi connectivity index (χ1n) is 42.0. The minimum atomic E-state index is -0.0448. The van der Waals surface area contributed by atoms with E-state index >= 15 is 0 Å². The lowest BCUT2D eigenvalue weighted by atomic mass is 10.0. The number of aromatic nitrogens is 12. The molecule has 3 aliphatic heterocycles. The third-order valence-electron chi connectivity index (χ3n) is 22.1. The SMILES string of the molecule is CC(=O)N1CCC[C@@H](n2nc(-c3ccc(Oc4cccc(OCc5ccccc5)c4)cc3)c3c(N)ncnc32)C1.CC(C)C(=O)N1CCC[C@@H](n2nc(-c3ccc(Oc4cccc(OCc5ccccc5)c4)cc3)c3c(N)ncnc32)C1.CCCC(=O)N1CCC[C@@H](n2nc(-c3ccc(Oc4cccc(OCc5ccccc5)c4)cc3)c3c(N)ncnc32)C1. The molecule has 0 radical (unpaired) electrons. The number of hydrogen-bond acceptors (Lipinski definition) is 21. The van der Waals surface area contributed by atoms with E-state index in [0.717, 1.165) is 115 Å². The molecule has 27 nitrogen and oxygen atoms in total. The van der Waals surface area contributed by atoms with Crippen LogP contribution in [-0.4, -0.2) is 131 Å². The van der Waals surface area contributed by atoms with E-state index in [1.807, 2.05) is 286 Å². The maximum atomic E-state index is 12.7. The summed E-state index contributed by atoms with van der Waals surface area (Å²) >= 11 is 0. The van der Waals surface area contributed by atoms with Crippen LogP contribution in [0.15, 0.2) is 256 Å². The zero-order valence-electron chi connectivity index (χ0n) is 69.7. The van der Waals surface area contributed by atoms with Crippen LogP contribution in [0.2, 0.25) is 0 Å². The van der Waals surface area contributed by atoms with Gasteiger partial charge in [0.1, 0.15) is 125 Å². The molecule has 0 saturated carbocycles. The van der Waals surface area contributed by atoms with E-state index in [2.05, 4.69) is 29.9 Å². The van der Waals surface area contributed by atoms with Crippen molar-refractivity contribution in [2.75, 3.05) is 56.5 Å². The van der Waals surface area contributed by atoms with Crippen molar-refractivity contribution in [1.82, 2.24) is 73.9 Å². The van der Waals surface area contributed by atoms with Gasteiger partial charge >= 0.3 is 0 Å². The van der Waals surface area contributed by atoms with Gasteiger partial charge in [0.2, 0.25) is 17.7 Å². The van der Waals surface area contributed by atoms with Gasteiger partial charge in [-0.25, -0.2) is 43.9 Å². The van der Waals surface area contributed by atoms with Gasteiger partial charge in [0.15, 0.2) is 16.9 Å². The topological polar surface area (TPSA) is 325 Å². The number of nitrogen functional groups attached to an aromatic ring is 3. The Morgan fingerprint density at radius 2 is 0.694 bits per heavy atom. The Morgan fingerprint density at radius 3 is 1.02 bits per heavy atom. The monoisotopic (exact) mass is 1660 g/mol. The van der Waals surface area contributed by atoms with Crippen LogP contribution in [0.25, 0.3) is 66.9 Å². The molecule has 0 spiro atoms. The summed E-state index contributed by atoms with van der Waals surface area (Å²) in [5, 5.41) is 17.1. The second-order valence-corrected chi connectivity index (χ2v) is 31.3. The van der Waals surface area contributed by atoms with Crippen molar-refractivity contribution in [2.45, 2.75) is 117 Å². The maximum absolute atomic E-state index is 12.7. The van der Waals surface area contributed by atoms with Crippen molar-refractivity contribution >= 4 is 68.3 Å². The lowest BCUT2D eigenvalue weighted by Gasteiger charge is -2.34. The number of nitrogens with zero attached hydrogens (tertiary/aromatic N) is 15. The molecule has 6 N–H and O–H groups in total. The summed E-state index contributed by atoms with van der Waals surface area (Å²) in [5.41, 5.74) is 29.1. The smallest absolute Gasteiger partial charge is 0.225 e. The third kappa shape index (κ3) is 19.8. The van der Waals surface area contributed by atoms with Gasteiger partial charge in [-0.3, -0.25) is 14.4 Å².